The van der Waals surface area contributed by atoms with E-state index in [0.717, 1.165) is 38.5 Å². The van der Waals surface area contributed by atoms with Crippen molar-refractivity contribution in [3.8, 4) is 0 Å². The van der Waals surface area contributed by atoms with Crippen LogP contribution in [-0.2, 0) is 4.79 Å². The summed E-state index contributed by atoms with van der Waals surface area (Å²) in [5.74, 6) is 1.66. The maximum atomic E-state index is 13.2. The fraction of sp³-hybridized carbons (Fsp3) is 0.789. The van der Waals surface area contributed by atoms with E-state index in [2.05, 4.69) is 11.4 Å². The van der Waals surface area contributed by atoms with Crippen LogP contribution < -0.4 is 0 Å². The molecular formula is C19H24N2O2. The first kappa shape index (κ1) is 14.0. The van der Waals surface area contributed by atoms with Gasteiger partial charge < -0.3 is 5.11 Å². The largest absolute Gasteiger partial charge is 0.390 e. The monoisotopic (exact) mass is 312 g/mol. The summed E-state index contributed by atoms with van der Waals surface area (Å²) < 4.78 is 0. The second-order valence-corrected chi connectivity index (χ2v) is 9.07. The lowest BCUT2D eigenvalue weighted by Gasteiger charge is -2.60. The first-order valence-electron chi connectivity index (χ1n) is 9.04. The molecule has 0 spiro atoms. The Morgan fingerprint density at radius 1 is 1.17 bits per heavy atom. The number of rotatable bonds is 2. The molecule has 4 heteroatoms. The predicted octanol–water partition coefficient (Wildman–Crippen LogP) is 2.74. The van der Waals surface area contributed by atoms with Crippen LogP contribution in [0.4, 0.5) is 0 Å². The molecule has 5 saturated carbocycles. The Morgan fingerprint density at radius 3 is 2.48 bits per heavy atom. The Morgan fingerprint density at radius 2 is 1.87 bits per heavy atom. The Balaban J connectivity index is 1.44. The summed E-state index contributed by atoms with van der Waals surface area (Å²) in [4.78, 5) is 18.7. The lowest BCUT2D eigenvalue weighted by molar-refractivity contribution is -0.157. The third-order valence-corrected chi connectivity index (χ3v) is 7.39. The first-order valence-corrected chi connectivity index (χ1v) is 9.04. The molecule has 1 heterocycles. The number of hydrogen-bond donors (Lipinski definition) is 1. The van der Waals surface area contributed by atoms with Crippen LogP contribution in [0.2, 0.25) is 0 Å². The highest BCUT2D eigenvalue weighted by molar-refractivity contribution is 5.95. The van der Waals surface area contributed by atoms with Crippen LogP contribution in [0.1, 0.15) is 51.4 Å². The second kappa shape index (κ2) is 4.19. The Bertz CT molecular complexity index is 634. The third kappa shape index (κ3) is 1.83. The standard InChI is InChI=1S/C19H24N2O2/c1-11(17(22)21-15-4-14(15)5-16(21)20-2)18-6-12-3-13(7-18)9-19(23,8-12)10-18/h12-16,23H,1,3-10H2. The van der Waals surface area contributed by atoms with Crippen molar-refractivity contribution >= 4 is 5.91 Å². The molecule has 23 heavy (non-hydrogen) atoms. The molecule has 6 fully saturated rings. The smallest absolute Gasteiger partial charge is 0.301 e. The molecule has 0 aromatic heterocycles. The molecular weight excluding hydrogens is 288 g/mol. The molecule has 0 aromatic carbocycles. The van der Waals surface area contributed by atoms with E-state index in [1.54, 1.807) is 0 Å². The molecule has 0 aromatic rings. The number of carbonyl (C=O) groups is 1. The zero-order valence-electron chi connectivity index (χ0n) is 13.5. The number of amides is 1. The van der Waals surface area contributed by atoms with E-state index in [0.29, 0.717) is 29.7 Å². The molecule has 1 N–H and O–H groups in total. The molecule has 5 aliphatic carbocycles. The van der Waals surface area contributed by atoms with E-state index in [4.69, 9.17) is 6.57 Å². The maximum absolute atomic E-state index is 13.2. The van der Waals surface area contributed by atoms with Gasteiger partial charge in [-0.1, -0.05) is 6.58 Å². The molecule has 5 atom stereocenters. The summed E-state index contributed by atoms with van der Waals surface area (Å²) in [5.41, 5.74) is -0.0685. The number of carbonyl (C=O) groups excluding carboxylic acids is 1. The van der Waals surface area contributed by atoms with Crippen molar-refractivity contribution in [1.29, 1.82) is 0 Å². The second-order valence-electron chi connectivity index (χ2n) is 9.07. The van der Waals surface area contributed by atoms with Crippen LogP contribution in [-0.4, -0.2) is 33.7 Å². The zero-order valence-corrected chi connectivity index (χ0v) is 13.5. The van der Waals surface area contributed by atoms with Crippen LogP contribution in [0.15, 0.2) is 12.2 Å². The van der Waals surface area contributed by atoms with E-state index in [-0.39, 0.29) is 23.5 Å². The Hall–Kier alpha value is -1.34. The SMILES string of the molecule is [C-]#[N+]C1CC2CC2N1C(=O)C(=C)C12CC3CC(CC(O)(C3)C1)C2. The zero-order chi connectivity index (χ0) is 16.0. The highest BCUT2D eigenvalue weighted by atomic mass is 16.3. The van der Waals surface area contributed by atoms with Gasteiger partial charge in [-0.25, -0.2) is 6.57 Å². The van der Waals surface area contributed by atoms with Crippen molar-refractivity contribution in [2.45, 2.75) is 69.2 Å². The fourth-order valence-electron chi connectivity index (χ4n) is 6.78. The van der Waals surface area contributed by atoms with Gasteiger partial charge in [0.25, 0.3) is 5.91 Å². The van der Waals surface area contributed by atoms with Crippen LogP contribution >= 0.6 is 0 Å². The van der Waals surface area contributed by atoms with Crippen molar-refractivity contribution in [3.05, 3.63) is 23.6 Å². The van der Waals surface area contributed by atoms with Gasteiger partial charge in [0.15, 0.2) is 0 Å². The normalized spacial score (nSPS) is 52.2. The van der Waals surface area contributed by atoms with Crippen molar-refractivity contribution in [1.82, 2.24) is 4.90 Å². The molecule has 0 radical (unpaired) electrons. The molecule has 1 saturated heterocycles. The lowest BCUT2D eigenvalue weighted by atomic mass is 9.46. The molecule has 122 valence electrons. The highest BCUT2D eigenvalue weighted by Crippen LogP contribution is 2.64. The van der Waals surface area contributed by atoms with E-state index in [1.807, 2.05) is 4.90 Å². The molecule has 6 aliphatic rings. The summed E-state index contributed by atoms with van der Waals surface area (Å²) in [7, 11) is 0. The Kier molecular flexibility index (Phi) is 2.56. The summed E-state index contributed by atoms with van der Waals surface area (Å²) in [6.45, 7) is 11.6. The minimum atomic E-state index is -0.570. The van der Waals surface area contributed by atoms with E-state index >= 15 is 0 Å². The van der Waals surface area contributed by atoms with Gasteiger partial charge in [-0.2, -0.15) is 0 Å². The fourth-order valence-corrected chi connectivity index (χ4v) is 6.78. The number of piperidine rings is 1. The van der Waals surface area contributed by atoms with Gasteiger partial charge in [-0.05, 0) is 62.7 Å². The van der Waals surface area contributed by atoms with E-state index in [9.17, 15) is 9.90 Å². The summed E-state index contributed by atoms with van der Waals surface area (Å²) >= 11 is 0. The van der Waals surface area contributed by atoms with Gasteiger partial charge in [0.2, 0.25) is 0 Å². The molecule has 4 bridgehead atoms. The van der Waals surface area contributed by atoms with E-state index in [1.165, 1.54) is 6.42 Å². The number of hydrogen-bond acceptors (Lipinski definition) is 2. The highest BCUT2D eigenvalue weighted by Gasteiger charge is 2.62. The predicted molar refractivity (Wildman–Crippen MR) is 85.0 cm³/mol. The van der Waals surface area contributed by atoms with Crippen LogP contribution in [0.25, 0.3) is 4.85 Å². The molecule has 1 aliphatic heterocycles. The minimum absolute atomic E-state index is 0.0153. The van der Waals surface area contributed by atoms with Crippen LogP contribution in [0.5, 0.6) is 0 Å². The number of aliphatic hydroxyl groups is 1. The number of likely N-dealkylation sites (tertiary alicyclic amines) is 1. The van der Waals surface area contributed by atoms with Crippen molar-refractivity contribution in [3.63, 3.8) is 0 Å². The van der Waals surface area contributed by atoms with Gasteiger partial charge in [0.05, 0.1) is 5.60 Å². The molecule has 6 rings (SSSR count). The summed E-state index contributed by atoms with van der Waals surface area (Å²) in [5, 5.41) is 10.9. The Labute approximate surface area is 137 Å². The summed E-state index contributed by atoms with van der Waals surface area (Å²) in [6, 6.07) is 0.287. The lowest BCUT2D eigenvalue weighted by Crippen LogP contribution is -2.57. The average Bonchev–Trinajstić information content (AvgIpc) is 3.14. The first-order chi connectivity index (χ1) is 10.9. The third-order valence-electron chi connectivity index (χ3n) is 7.39. The van der Waals surface area contributed by atoms with Gasteiger partial charge in [0, 0.05) is 23.5 Å². The van der Waals surface area contributed by atoms with Gasteiger partial charge in [0.1, 0.15) is 0 Å². The van der Waals surface area contributed by atoms with Gasteiger partial charge >= 0.3 is 6.17 Å². The van der Waals surface area contributed by atoms with Gasteiger partial charge in [-0.3, -0.25) is 14.5 Å². The molecule has 4 nitrogen and oxygen atoms in total. The summed E-state index contributed by atoms with van der Waals surface area (Å²) in [6.07, 6.45) is 7.40. The van der Waals surface area contributed by atoms with Crippen molar-refractivity contribution in [2.75, 3.05) is 0 Å². The number of nitrogens with zero attached hydrogens (tertiary/aromatic N) is 2. The molecule has 1 amide bonds. The van der Waals surface area contributed by atoms with Gasteiger partial charge in [-0.15, -0.1) is 0 Å². The topological polar surface area (TPSA) is 44.9 Å². The quantitative estimate of drug-likeness (QED) is 0.629. The van der Waals surface area contributed by atoms with Crippen LogP contribution in [0.3, 0.4) is 0 Å². The van der Waals surface area contributed by atoms with Crippen LogP contribution in [0, 0.1) is 29.7 Å². The number of fused-ring (bicyclic) bond motifs is 1. The average molecular weight is 312 g/mol. The maximum Gasteiger partial charge on any atom is 0.301 e. The van der Waals surface area contributed by atoms with E-state index < -0.39 is 5.60 Å². The minimum Gasteiger partial charge on any atom is -0.390 e. The van der Waals surface area contributed by atoms with Crippen molar-refractivity contribution in [2.24, 2.45) is 23.2 Å². The van der Waals surface area contributed by atoms with Crippen molar-refractivity contribution < 1.29 is 9.90 Å². The molecule has 5 unspecified atom stereocenters.